The summed E-state index contributed by atoms with van der Waals surface area (Å²) in [4.78, 5) is 26.5. The summed E-state index contributed by atoms with van der Waals surface area (Å²) in [5, 5.41) is 0. The molecule has 2 aliphatic heterocycles. The molecule has 4 heteroatoms. The first kappa shape index (κ1) is 14.5. The summed E-state index contributed by atoms with van der Waals surface area (Å²) in [7, 11) is 0. The van der Waals surface area contributed by atoms with Gasteiger partial charge in [0.1, 0.15) is 0 Å². The lowest BCUT2D eigenvalue weighted by molar-refractivity contribution is -0.147. The number of ether oxygens (including phenoxy) is 1. The number of nitrogens with zero attached hydrogens (tertiary/aromatic N) is 1. The van der Waals surface area contributed by atoms with Crippen molar-refractivity contribution >= 4 is 11.8 Å². The van der Waals surface area contributed by atoms with Crippen LogP contribution < -0.4 is 0 Å². The molecule has 0 aliphatic carbocycles. The third-order valence-electron chi connectivity index (χ3n) is 4.28. The minimum Gasteiger partial charge on any atom is -0.373 e. The van der Waals surface area contributed by atoms with Crippen molar-refractivity contribution in [3.05, 3.63) is 0 Å². The van der Waals surface area contributed by atoms with Gasteiger partial charge in [-0.1, -0.05) is 27.7 Å². The number of likely N-dealkylation sites (tertiary alicyclic amines) is 1. The predicted octanol–water partition coefficient (Wildman–Crippen LogP) is 2.08. The molecule has 2 amide bonds. The van der Waals surface area contributed by atoms with Crippen molar-refractivity contribution < 1.29 is 14.3 Å². The molecule has 19 heavy (non-hydrogen) atoms. The molecule has 0 aromatic carbocycles. The monoisotopic (exact) mass is 267 g/mol. The SMILES string of the molecule is CC(C)C1OC(C(C)C)C2C(=O)N(C(C)C)C(=O)C12. The van der Waals surface area contributed by atoms with Gasteiger partial charge in [-0.05, 0) is 25.7 Å². The molecule has 0 aromatic heterocycles. The summed E-state index contributed by atoms with van der Waals surface area (Å²) in [6.45, 7) is 12.0. The van der Waals surface area contributed by atoms with Crippen molar-refractivity contribution in [3.8, 4) is 0 Å². The molecule has 2 rings (SSSR count). The molecular weight excluding hydrogens is 242 g/mol. The Morgan fingerprint density at radius 3 is 1.47 bits per heavy atom. The molecule has 2 aliphatic rings. The van der Waals surface area contributed by atoms with Crippen LogP contribution in [0.5, 0.6) is 0 Å². The number of rotatable bonds is 3. The average Bonchev–Trinajstić information content (AvgIpc) is 2.77. The Hall–Kier alpha value is -0.900. The van der Waals surface area contributed by atoms with Crippen molar-refractivity contribution in [2.75, 3.05) is 0 Å². The fraction of sp³-hybridized carbons (Fsp3) is 0.867. The lowest BCUT2D eigenvalue weighted by Gasteiger charge is -2.26. The molecule has 0 saturated carbocycles. The van der Waals surface area contributed by atoms with E-state index in [1.54, 1.807) is 0 Å². The smallest absolute Gasteiger partial charge is 0.236 e. The number of carbonyl (C=O) groups excluding carboxylic acids is 2. The highest BCUT2D eigenvalue weighted by atomic mass is 16.5. The van der Waals surface area contributed by atoms with Crippen molar-refractivity contribution in [1.29, 1.82) is 0 Å². The fourth-order valence-electron chi connectivity index (χ4n) is 3.43. The van der Waals surface area contributed by atoms with Crippen molar-refractivity contribution in [2.45, 2.75) is 59.8 Å². The largest absolute Gasteiger partial charge is 0.373 e. The fourth-order valence-corrected chi connectivity index (χ4v) is 3.43. The van der Waals surface area contributed by atoms with Crippen LogP contribution in [0.15, 0.2) is 0 Å². The van der Waals surface area contributed by atoms with Crippen molar-refractivity contribution in [2.24, 2.45) is 23.7 Å². The van der Waals surface area contributed by atoms with Gasteiger partial charge >= 0.3 is 0 Å². The van der Waals surface area contributed by atoms with Gasteiger partial charge in [-0.2, -0.15) is 0 Å². The van der Waals surface area contributed by atoms with Crippen molar-refractivity contribution in [1.82, 2.24) is 4.90 Å². The first-order chi connectivity index (χ1) is 8.77. The first-order valence-corrected chi connectivity index (χ1v) is 7.29. The molecule has 2 fully saturated rings. The molecule has 0 spiro atoms. The van der Waals surface area contributed by atoms with E-state index < -0.39 is 0 Å². The maximum atomic E-state index is 12.5. The molecule has 0 bridgehead atoms. The second kappa shape index (κ2) is 4.89. The molecule has 108 valence electrons. The van der Waals surface area contributed by atoms with Crippen LogP contribution in [0.25, 0.3) is 0 Å². The number of amides is 2. The van der Waals surface area contributed by atoms with E-state index in [-0.39, 0.29) is 53.7 Å². The number of fused-ring (bicyclic) bond motifs is 1. The number of hydrogen-bond acceptors (Lipinski definition) is 3. The molecule has 4 nitrogen and oxygen atoms in total. The van der Waals surface area contributed by atoms with Crippen LogP contribution in [0.3, 0.4) is 0 Å². The summed E-state index contributed by atoms with van der Waals surface area (Å²) in [6, 6.07) is -0.0637. The van der Waals surface area contributed by atoms with E-state index in [4.69, 9.17) is 4.74 Å². The minimum atomic E-state index is -0.276. The highest BCUT2D eigenvalue weighted by Crippen LogP contribution is 2.45. The number of carbonyl (C=O) groups is 2. The van der Waals surface area contributed by atoms with Gasteiger partial charge in [-0.25, -0.2) is 0 Å². The second-order valence-corrected chi connectivity index (χ2v) is 6.75. The van der Waals surface area contributed by atoms with Crippen LogP contribution in [0, 0.1) is 23.7 Å². The van der Waals surface area contributed by atoms with Crippen LogP contribution in [-0.2, 0) is 14.3 Å². The molecule has 4 atom stereocenters. The Bertz CT molecular complexity index is 357. The van der Waals surface area contributed by atoms with E-state index >= 15 is 0 Å². The molecule has 0 aromatic rings. The van der Waals surface area contributed by atoms with E-state index in [0.29, 0.717) is 0 Å². The van der Waals surface area contributed by atoms with Crippen LogP contribution in [0.2, 0.25) is 0 Å². The quantitative estimate of drug-likeness (QED) is 0.735. The van der Waals surface area contributed by atoms with Crippen LogP contribution in [0.1, 0.15) is 41.5 Å². The highest BCUT2D eigenvalue weighted by Gasteiger charge is 2.61. The van der Waals surface area contributed by atoms with Gasteiger partial charge in [0.2, 0.25) is 11.8 Å². The number of imide groups is 1. The van der Waals surface area contributed by atoms with Gasteiger partial charge in [-0.15, -0.1) is 0 Å². The second-order valence-electron chi connectivity index (χ2n) is 6.75. The summed E-state index contributed by atoms with van der Waals surface area (Å²) in [6.07, 6.45) is -0.254. The van der Waals surface area contributed by atoms with E-state index in [2.05, 4.69) is 27.7 Å². The highest BCUT2D eigenvalue weighted by molar-refractivity contribution is 6.06. The zero-order chi connectivity index (χ0) is 14.5. The average molecular weight is 267 g/mol. The van der Waals surface area contributed by atoms with E-state index in [1.165, 1.54) is 4.90 Å². The van der Waals surface area contributed by atoms with Crippen LogP contribution in [0.4, 0.5) is 0 Å². The predicted molar refractivity (Wildman–Crippen MR) is 72.3 cm³/mol. The summed E-state index contributed by atoms with van der Waals surface area (Å²) < 4.78 is 6.05. The zero-order valence-corrected chi connectivity index (χ0v) is 12.7. The van der Waals surface area contributed by atoms with E-state index in [1.807, 2.05) is 13.8 Å². The van der Waals surface area contributed by atoms with Gasteiger partial charge in [0, 0.05) is 6.04 Å². The standard InChI is InChI=1S/C15H25NO3/c1-7(2)12-10-11(13(19-12)8(3)4)15(18)16(9(5)6)14(10)17/h7-13H,1-6H3. The van der Waals surface area contributed by atoms with Gasteiger partial charge < -0.3 is 4.74 Å². The zero-order valence-electron chi connectivity index (χ0n) is 12.7. The Balaban J connectivity index is 2.38. The molecule has 2 heterocycles. The molecular formula is C15H25NO3. The molecule has 4 unspecified atom stereocenters. The molecule has 0 radical (unpaired) electrons. The summed E-state index contributed by atoms with van der Waals surface area (Å²) in [5.41, 5.74) is 0. The van der Waals surface area contributed by atoms with E-state index in [9.17, 15) is 9.59 Å². The topological polar surface area (TPSA) is 46.6 Å². The maximum absolute atomic E-state index is 12.5. The first-order valence-electron chi connectivity index (χ1n) is 7.29. The Labute approximate surface area is 115 Å². The normalized spacial score (nSPS) is 35.1. The van der Waals surface area contributed by atoms with Gasteiger partial charge in [0.25, 0.3) is 0 Å². The summed E-state index contributed by atoms with van der Waals surface area (Å²) in [5.74, 6) is -0.122. The van der Waals surface area contributed by atoms with E-state index in [0.717, 1.165) is 0 Å². The van der Waals surface area contributed by atoms with Gasteiger partial charge in [0.05, 0.1) is 24.0 Å². The van der Waals surface area contributed by atoms with Crippen LogP contribution >= 0.6 is 0 Å². The lowest BCUT2D eigenvalue weighted by Crippen LogP contribution is -2.41. The Morgan fingerprint density at radius 2 is 1.21 bits per heavy atom. The van der Waals surface area contributed by atoms with Crippen LogP contribution in [-0.4, -0.2) is 35.0 Å². The Kier molecular flexibility index (Phi) is 3.74. The maximum Gasteiger partial charge on any atom is 0.236 e. The molecule has 2 saturated heterocycles. The van der Waals surface area contributed by atoms with Crippen molar-refractivity contribution in [3.63, 3.8) is 0 Å². The lowest BCUT2D eigenvalue weighted by atomic mass is 9.82. The third kappa shape index (κ3) is 2.10. The summed E-state index contributed by atoms with van der Waals surface area (Å²) >= 11 is 0. The third-order valence-corrected chi connectivity index (χ3v) is 4.28. The van der Waals surface area contributed by atoms with Gasteiger partial charge in [0.15, 0.2) is 0 Å². The minimum absolute atomic E-state index is 0.0353. The Morgan fingerprint density at radius 1 is 0.842 bits per heavy atom. The number of hydrogen-bond donors (Lipinski definition) is 0. The molecule has 0 N–H and O–H groups in total. The van der Waals surface area contributed by atoms with Gasteiger partial charge in [-0.3, -0.25) is 14.5 Å².